The Labute approximate surface area is 123 Å². The summed E-state index contributed by atoms with van der Waals surface area (Å²) in [5.74, 6) is 3.78. The molecule has 0 aliphatic heterocycles. The van der Waals surface area contributed by atoms with Gasteiger partial charge in [-0.3, -0.25) is 4.79 Å². The van der Waals surface area contributed by atoms with Gasteiger partial charge in [0.05, 0.1) is 18.3 Å². The van der Waals surface area contributed by atoms with Gasteiger partial charge in [0.15, 0.2) is 0 Å². The van der Waals surface area contributed by atoms with Gasteiger partial charge in [0.25, 0.3) is 5.91 Å². The third kappa shape index (κ3) is 5.52. The molecular weight excluding hydrogens is 277 g/mol. The lowest BCUT2D eigenvalue weighted by Gasteiger charge is -2.15. The summed E-state index contributed by atoms with van der Waals surface area (Å²) >= 11 is 0. The fourth-order valence-electron chi connectivity index (χ4n) is 1.62. The van der Waals surface area contributed by atoms with E-state index in [4.69, 9.17) is 14.6 Å². The largest absolute Gasteiger partial charge is 0.384 e. The minimum atomic E-state index is -0.669. The Morgan fingerprint density at radius 3 is 2.81 bits per heavy atom. The fourth-order valence-corrected chi connectivity index (χ4v) is 1.62. The van der Waals surface area contributed by atoms with Crippen LogP contribution in [0.4, 0.5) is 4.39 Å². The van der Waals surface area contributed by atoms with Crippen LogP contribution in [0.5, 0.6) is 0 Å². The number of hydrogen-bond donors (Lipinski definition) is 2. The maximum atomic E-state index is 13.8. The summed E-state index contributed by atoms with van der Waals surface area (Å²) in [7, 11) is 3.03. The minimum Gasteiger partial charge on any atom is -0.384 e. The van der Waals surface area contributed by atoms with Crippen LogP contribution in [0.1, 0.15) is 15.9 Å². The van der Waals surface area contributed by atoms with Crippen molar-refractivity contribution in [1.82, 2.24) is 5.32 Å². The number of halogens is 1. The van der Waals surface area contributed by atoms with Gasteiger partial charge in [-0.15, -0.1) is 0 Å². The van der Waals surface area contributed by atoms with Gasteiger partial charge in [0, 0.05) is 26.3 Å². The average molecular weight is 295 g/mol. The summed E-state index contributed by atoms with van der Waals surface area (Å²) in [6, 6.07) is 4.02. The molecule has 21 heavy (non-hydrogen) atoms. The number of rotatable bonds is 6. The van der Waals surface area contributed by atoms with E-state index in [1.807, 2.05) is 0 Å². The number of amides is 1. The predicted octanol–water partition coefficient (Wildman–Crippen LogP) is 0.561. The molecule has 1 aromatic carbocycles. The van der Waals surface area contributed by atoms with E-state index in [9.17, 15) is 9.18 Å². The van der Waals surface area contributed by atoms with Crippen molar-refractivity contribution in [3.63, 3.8) is 0 Å². The topological polar surface area (TPSA) is 67.8 Å². The maximum Gasteiger partial charge on any atom is 0.254 e. The van der Waals surface area contributed by atoms with Crippen LogP contribution in [0.3, 0.4) is 0 Å². The summed E-state index contributed by atoms with van der Waals surface area (Å²) in [4.78, 5) is 11.9. The summed E-state index contributed by atoms with van der Waals surface area (Å²) in [5, 5.41) is 11.2. The summed E-state index contributed by atoms with van der Waals surface area (Å²) < 4.78 is 23.9. The summed E-state index contributed by atoms with van der Waals surface area (Å²) in [6.07, 6.45) is -0.295. The highest BCUT2D eigenvalue weighted by Crippen LogP contribution is 2.10. The van der Waals surface area contributed by atoms with Gasteiger partial charge in [-0.05, 0) is 18.2 Å². The monoisotopic (exact) mass is 295 g/mol. The summed E-state index contributed by atoms with van der Waals surface area (Å²) in [5.41, 5.74) is 0.323. The molecule has 1 amide bonds. The molecule has 6 heteroatoms. The Hall–Kier alpha value is -1.94. The van der Waals surface area contributed by atoms with Crippen molar-refractivity contribution < 1.29 is 23.8 Å². The van der Waals surface area contributed by atoms with Gasteiger partial charge < -0.3 is 19.9 Å². The number of carbonyl (C=O) groups is 1. The molecule has 1 atom stereocenters. The van der Waals surface area contributed by atoms with E-state index >= 15 is 0 Å². The predicted molar refractivity (Wildman–Crippen MR) is 75.4 cm³/mol. The molecule has 5 nitrogen and oxygen atoms in total. The van der Waals surface area contributed by atoms with Crippen LogP contribution in [-0.2, 0) is 9.47 Å². The molecule has 0 spiro atoms. The van der Waals surface area contributed by atoms with E-state index in [1.54, 1.807) is 0 Å². The van der Waals surface area contributed by atoms with Gasteiger partial charge in [0.2, 0.25) is 0 Å². The molecule has 0 saturated carbocycles. The first kappa shape index (κ1) is 17.1. The van der Waals surface area contributed by atoms with Crippen molar-refractivity contribution in [3.8, 4) is 11.8 Å². The van der Waals surface area contributed by atoms with Gasteiger partial charge in [-0.1, -0.05) is 11.8 Å². The van der Waals surface area contributed by atoms with Gasteiger partial charge in [-0.25, -0.2) is 4.39 Å². The second kappa shape index (κ2) is 9.08. The SMILES string of the molecule is COCC(CNC(=O)c1ccc(C#CCO)cc1F)OC. The highest BCUT2D eigenvalue weighted by molar-refractivity contribution is 5.94. The molecule has 0 fully saturated rings. The Morgan fingerprint density at radius 2 is 2.24 bits per heavy atom. The van der Waals surface area contributed by atoms with Gasteiger partial charge in [0.1, 0.15) is 12.4 Å². The van der Waals surface area contributed by atoms with E-state index < -0.39 is 11.7 Å². The maximum absolute atomic E-state index is 13.8. The second-order valence-electron chi connectivity index (χ2n) is 4.18. The molecule has 1 unspecified atom stereocenters. The van der Waals surface area contributed by atoms with Gasteiger partial charge >= 0.3 is 0 Å². The quantitative estimate of drug-likeness (QED) is 0.753. The fraction of sp³-hybridized carbons (Fsp3) is 0.400. The highest BCUT2D eigenvalue weighted by atomic mass is 19.1. The molecule has 1 rings (SSSR count). The van der Waals surface area contributed by atoms with Crippen molar-refractivity contribution in [1.29, 1.82) is 0 Å². The first-order chi connectivity index (χ1) is 10.1. The third-order valence-corrected chi connectivity index (χ3v) is 2.70. The van der Waals surface area contributed by atoms with E-state index in [-0.39, 0.29) is 24.8 Å². The van der Waals surface area contributed by atoms with Crippen molar-refractivity contribution in [3.05, 3.63) is 35.1 Å². The molecule has 0 radical (unpaired) electrons. The molecule has 1 aromatic rings. The smallest absolute Gasteiger partial charge is 0.254 e. The standard InChI is InChI=1S/C15H18FNO4/c1-20-10-12(21-2)9-17-15(19)13-6-5-11(4-3-7-18)8-14(13)16/h5-6,8,12,18H,7,9-10H2,1-2H3,(H,17,19). The van der Waals surface area contributed by atoms with Gasteiger partial charge in [-0.2, -0.15) is 0 Å². The number of benzene rings is 1. The van der Waals surface area contributed by atoms with Crippen molar-refractivity contribution in [2.45, 2.75) is 6.10 Å². The van der Waals surface area contributed by atoms with E-state index in [1.165, 1.54) is 26.4 Å². The first-order valence-corrected chi connectivity index (χ1v) is 6.31. The number of methoxy groups -OCH3 is 2. The highest BCUT2D eigenvalue weighted by Gasteiger charge is 2.14. The molecule has 0 bridgehead atoms. The molecule has 2 N–H and O–H groups in total. The Kier molecular flexibility index (Phi) is 7.40. The Morgan fingerprint density at radius 1 is 1.48 bits per heavy atom. The van der Waals surface area contributed by atoms with Crippen LogP contribution >= 0.6 is 0 Å². The Balaban J connectivity index is 2.70. The number of aliphatic hydroxyl groups excluding tert-OH is 1. The summed E-state index contributed by atoms with van der Waals surface area (Å²) in [6.45, 7) is 0.241. The van der Waals surface area contributed by atoms with Crippen LogP contribution in [0, 0.1) is 17.7 Å². The Bertz CT molecular complexity index is 536. The molecule has 0 aliphatic rings. The van der Waals surface area contributed by atoms with E-state index in [2.05, 4.69) is 17.2 Å². The van der Waals surface area contributed by atoms with Crippen molar-refractivity contribution in [2.24, 2.45) is 0 Å². The number of ether oxygens (including phenoxy) is 2. The zero-order chi connectivity index (χ0) is 15.7. The van der Waals surface area contributed by atoms with E-state index in [0.717, 1.165) is 6.07 Å². The zero-order valence-corrected chi connectivity index (χ0v) is 12.0. The van der Waals surface area contributed by atoms with Crippen LogP contribution in [0.25, 0.3) is 0 Å². The molecule has 0 saturated heterocycles. The minimum absolute atomic E-state index is 0.0724. The van der Waals surface area contributed by atoms with Crippen LogP contribution < -0.4 is 5.32 Å². The molecular formula is C15H18FNO4. The molecule has 114 valence electrons. The lowest BCUT2D eigenvalue weighted by molar-refractivity contribution is 0.0285. The average Bonchev–Trinajstić information content (AvgIpc) is 2.49. The third-order valence-electron chi connectivity index (χ3n) is 2.70. The zero-order valence-electron chi connectivity index (χ0n) is 12.0. The second-order valence-corrected chi connectivity index (χ2v) is 4.18. The number of aliphatic hydroxyl groups is 1. The van der Waals surface area contributed by atoms with Crippen molar-refractivity contribution in [2.75, 3.05) is 34.0 Å². The van der Waals surface area contributed by atoms with Crippen LogP contribution in [-0.4, -0.2) is 51.1 Å². The molecule has 0 aromatic heterocycles. The lowest BCUT2D eigenvalue weighted by atomic mass is 10.1. The first-order valence-electron chi connectivity index (χ1n) is 6.31. The number of hydrogen-bond acceptors (Lipinski definition) is 4. The lowest BCUT2D eigenvalue weighted by Crippen LogP contribution is -2.35. The van der Waals surface area contributed by atoms with Crippen molar-refractivity contribution >= 4 is 5.91 Å². The number of nitrogens with one attached hydrogen (secondary N) is 1. The number of carbonyl (C=O) groups excluding carboxylic acids is 1. The normalized spacial score (nSPS) is 11.4. The molecule has 0 aliphatic carbocycles. The van der Waals surface area contributed by atoms with Crippen LogP contribution in [0.2, 0.25) is 0 Å². The molecule has 0 heterocycles. The van der Waals surface area contributed by atoms with E-state index in [0.29, 0.717) is 12.2 Å². The van der Waals surface area contributed by atoms with Crippen LogP contribution in [0.15, 0.2) is 18.2 Å².